The van der Waals surface area contributed by atoms with E-state index in [0.717, 1.165) is 12.1 Å². The largest absolute Gasteiger partial charge is 0.416 e. The lowest BCUT2D eigenvalue weighted by atomic mass is 10.2. The molecule has 0 saturated heterocycles. The summed E-state index contributed by atoms with van der Waals surface area (Å²) in [5.41, 5.74) is 0.0427. The fourth-order valence-electron chi connectivity index (χ4n) is 1.64. The van der Waals surface area contributed by atoms with Crippen molar-refractivity contribution in [3.05, 3.63) is 58.1 Å². The zero-order valence-corrected chi connectivity index (χ0v) is 13.2. The molecule has 0 fully saturated rings. The van der Waals surface area contributed by atoms with Crippen molar-refractivity contribution >= 4 is 51.9 Å². The normalized spacial score (nSPS) is 11.1. The van der Waals surface area contributed by atoms with Gasteiger partial charge in [-0.1, -0.05) is 29.3 Å². The smallest absolute Gasteiger partial charge is 0.332 e. The number of halogens is 5. The van der Waals surface area contributed by atoms with Crippen molar-refractivity contribution < 1.29 is 13.2 Å². The number of benzene rings is 2. The van der Waals surface area contributed by atoms with Crippen molar-refractivity contribution in [2.75, 3.05) is 10.6 Å². The molecular weight excluding hydrogens is 356 g/mol. The lowest BCUT2D eigenvalue weighted by Gasteiger charge is -2.13. The van der Waals surface area contributed by atoms with Crippen LogP contribution in [0.15, 0.2) is 42.5 Å². The van der Waals surface area contributed by atoms with Gasteiger partial charge in [-0.05, 0) is 48.6 Å². The van der Waals surface area contributed by atoms with Gasteiger partial charge in [0.25, 0.3) is 0 Å². The molecule has 0 aromatic heterocycles. The van der Waals surface area contributed by atoms with Crippen LogP contribution in [0, 0.1) is 0 Å². The van der Waals surface area contributed by atoms with E-state index in [1.54, 1.807) is 18.2 Å². The number of alkyl halides is 3. The van der Waals surface area contributed by atoms with Crippen LogP contribution in [0.25, 0.3) is 0 Å². The highest BCUT2D eigenvalue weighted by Crippen LogP contribution is 2.30. The Balaban J connectivity index is 2.07. The number of anilines is 2. The molecule has 2 rings (SSSR count). The summed E-state index contributed by atoms with van der Waals surface area (Å²) in [6.45, 7) is 0. The van der Waals surface area contributed by atoms with Crippen molar-refractivity contribution in [1.29, 1.82) is 0 Å². The van der Waals surface area contributed by atoms with Gasteiger partial charge in [0, 0.05) is 11.4 Å². The van der Waals surface area contributed by atoms with Crippen LogP contribution in [-0.2, 0) is 6.18 Å². The summed E-state index contributed by atoms with van der Waals surface area (Å²) in [6.07, 6.45) is -4.41. The highest BCUT2D eigenvalue weighted by atomic mass is 35.5. The number of rotatable bonds is 2. The predicted octanol–water partition coefficient (Wildman–Crippen LogP) is 5.82. The molecule has 2 N–H and O–H groups in total. The van der Waals surface area contributed by atoms with E-state index in [-0.39, 0.29) is 10.8 Å². The molecule has 0 aliphatic heterocycles. The first-order valence-corrected chi connectivity index (χ1v) is 7.12. The Morgan fingerprint density at radius 2 is 1.55 bits per heavy atom. The summed E-state index contributed by atoms with van der Waals surface area (Å²) in [4.78, 5) is 0. The van der Waals surface area contributed by atoms with Gasteiger partial charge in [-0.15, -0.1) is 0 Å². The van der Waals surface area contributed by atoms with Crippen molar-refractivity contribution in [2.45, 2.75) is 6.18 Å². The zero-order chi connectivity index (χ0) is 16.3. The van der Waals surface area contributed by atoms with Gasteiger partial charge in [0.05, 0.1) is 15.6 Å². The molecule has 2 aromatic carbocycles. The van der Waals surface area contributed by atoms with E-state index in [2.05, 4.69) is 10.6 Å². The molecule has 8 heteroatoms. The molecule has 116 valence electrons. The highest BCUT2D eigenvalue weighted by molar-refractivity contribution is 7.80. The number of hydrogen-bond donors (Lipinski definition) is 2. The van der Waals surface area contributed by atoms with Gasteiger partial charge >= 0.3 is 6.18 Å². The predicted molar refractivity (Wildman–Crippen MR) is 87.7 cm³/mol. The summed E-state index contributed by atoms with van der Waals surface area (Å²) in [5, 5.41) is 6.36. The quantitative estimate of drug-likeness (QED) is 0.656. The first-order valence-electron chi connectivity index (χ1n) is 5.96. The standard InChI is InChI=1S/C14H9Cl2F3N2S/c15-11-5-4-10(7-12(11)16)21-13(22)20-9-3-1-2-8(6-9)14(17,18)19/h1-7H,(H2,20,21,22). The van der Waals surface area contributed by atoms with E-state index in [1.165, 1.54) is 12.1 Å². The Bertz CT molecular complexity index is 705. The number of nitrogens with one attached hydrogen (secondary N) is 2. The van der Waals surface area contributed by atoms with Crippen LogP contribution in [-0.4, -0.2) is 5.11 Å². The van der Waals surface area contributed by atoms with E-state index in [0.29, 0.717) is 15.7 Å². The van der Waals surface area contributed by atoms with E-state index >= 15 is 0 Å². The fraction of sp³-hybridized carbons (Fsp3) is 0.0714. The highest BCUT2D eigenvalue weighted by Gasteiger charge is 2.30. The minimum atomic E-state index is -4.41. The molecular formula is C14H9Cl2F3N2S. The first-order chi connectivity index (χ1) is 10.3. The lowest BCUT2D eigenvalue weighted by molar-refractivity contribution is -0.137. The van der Waals surface area contributed by atoms with Gasteiger partial charge in [-0.2, -0.15) is 13.2 Å². The molecule has 2 nitrogen and oxygen atoms in total. The van der Waals surface area contributed by atoms with Crippen LogP contribution >= 0.6 is 35.4 Å². The van der Waals surface area contributed by atoms with Crippen LogP contribution in [0.3, 0.4) is 0 Å². The van der Waals surface area contributed by atoms with Gasteiger partial charge in [-0.25, -0.2) is 0 Å². The second-order valence-electron chi connectivity index (χ2n) is 4.29. The SMILES string of the molecule is FC(F)(F)c1cccc(NC(=S)Nc2ccc(Cl)c(Cl)c2)c1. The third-order valence-electron chi connectivity index (χ3n) is 2.63. The third kappa shape index (κ3) is 4.50. The second kappa shape index (κ2) is 6.73. The molecule has 0 bridgehead atoms. The maximum Gasteiger partial charge on any atom is 0.416 e. The fourth-order valence-corrected chi connectivity index (χ4v) is 2.17. The maximum atomic E-state index is 12.6. The summed E-state index contributed by atoms with van der Waals surface area (Å²) in [6, 6.07) is 9.53. The minimum Gasteiger partial charge on any atom is -0.332 e. The molecule has 0 aliphatic carbocycles. The summed E-state index contributed by atoms with van der Waals surface area (Å²) in [7, 11) is 0. The molecule has 0 saturated carbocycles. The van der Waals surface area contributed by atoms with Crippen molar-refractivity contribution in [2.24, 2.45) is 0 Å². The number of thiocarbonyl (C=S) groups is 1. The summed E-state index contributed by atoms with van der Waals surface area (Å²) in [5.74, 6) is 0. The molecule has 2 aromatic rings. The van der Waals surface area contributed by atoms with Gasteiger partial charge in [-0.3, -0.25) is 0 Å². The van der Waals surface area contributed by atoms with E-state index in [1.807, 2.05) is 0 Å². The van der Waals surface area contributed by atoms with Crippen LogP contribution in [0.5, 0.6) is 0 Å². The average Bonchev–Trinajstić information content (AvgIpc) is 2.42. The van der Waals surface area contributed by atoms with Gasteiger partial charge in [0.2, 0.25) is 0 Å². The monoisotopic (exact) mass is 364 g/mol. The summed E-state index contributed by atoms with van der Waals surface area (Å²) >= 11 is 16.7. The van der Waals surface area contributed by atoms with E-state index in [4.69, 9.17) is 35.4 Å². The van der Waals surface area contributed by atoms with Gasteiger partial charge in [0.1, 0.15) is 0 Å². The van der Waals surface area contributed by atoms with Crippen LogP contribution < -0.4 is 10.6 Å². The summed E-state index contributed by atoms with van der Waals surface area (Å²) < 4.78 is 37.9. The Labute approximate surface area is 140 Å². The topological polar surface area (TPSA) is 24.1 Å². The average molecular weight is 365 g/mol. The van der Waals surface area contributed by atoms with Gasteiger partial charge in [0.15, 0.2) is 5.11 Å². The van der Waals surface area contributed by atoms with Crippen LogP contribution in [0.1, 0.15) is 5.56 Å². The second-order valence-corrected chi connectivity index (χ2v) is 5.51. The molecule has 0 atom stereocenters. The van der Waals surface area contributed by atoms with Crippen LogP contribution in [0.2, 0.25) is 10.0 Å². The minimum absolute atomic E-state index is 0.137. The Kier molecular flexibility index (Phi) is 5.16. The maximum absolute atomic E-state index is 12.6. The zero-order valence-electron chi connectivity index (χ0n) is 10.8. The Hall–Kier alpha value is -1.50. The third-order valence-corrected chi connectivity index (χ3v) is 3.57. The molecule has 0 aliphatic rings. The Morgan fingerprint density at radius 1 is 0.909 bits per heavy atom. The van der Waals surface area contributed by atoms with E-state index < -0.39 is 11.7 Å². The molecule has 0 radical (unpaired) electrons. The lowest BCUT2D eigenvalue weighted by Crippen LogP contribution is -2.19. The van der Waals surface area contributed by atoms with Crippen molar-refractivity contribution in [3.8, 4) is 0 Å². The molecule has 22 heavy (non-hydrogen) atoms. The van der Waals surface area contributed by atoms with Crippen molar-refractivity contribution in [1.82, 2.24) is 0 Å². The molecule has 0 spiro atoms. The number of hydrogen-bond acceptors (Lipinski definition) is 1. The van der Waals surface area contributed by atoms with Gasteiger partial charge < -0.3 is 10.6 Å². The van der Waals surface area contributed by atoms with Crippen LogP contribution in [0.4, 0.5) is 24.5 Å². The molecule has 0 amide bonds. The van der Waals surface area contributed by atoms with E-state index in [9.17, 15) is 13.2 Å². The van der Waals surface area contributed by atoms with Crippen molar-refractivity contribution in [3.63, 3.8) is 0 Å². The molecule has 0 unspecified atom stereocenters. The first kappa shape index (κ1) is 16.9. The molecule has 0 heterocycles. The Morgan fingerprint density at radius 3 is 2.14 bits per heavy atom.